The number of hydrogen-bond acceptors (Lipinski definition) is 3. The molecule has 0 aliphatic carbocycles. The Morgan fingerprint density at radius 2 is 1.83 bits per heavy atom. The summed E-state index contributed by atoms with van der Waals surface area (Å²) in [5.41, 5.74) is 1.57. The fourth-order valence-electron chi connectivity index (χ4n) is 2.48. The molecule has 0 radical (unpaired) electrons. The van der Waals surface area contributed by atoms with Crippen molar-refractivity contribution in [3.8, 4) is 5.75 Å². The van der Waals surface area contributed by atoms with Crippen LogP contribution in [0.4, 0.5) is 0 Å². The third-order valence-corrected chi connectivity index (χ3v) is 4.12. The smallest absolute Gasteiger partial charge is 0.338 e. The Bertz CT molecular complexity index is 859. The molecule has 0 aliphatic rings. The van der Waals surface area contributed by atoms with Crippen LogP contribution in [0.25, 0.3) is 10.8 Å². The van der Waals surface area contributed by atoms with Gasteiger partial charge in [-0.1, -0.05) is 52.3 Å². The van der Waals surface area contributed by atoms with E-state index in [9.17, 15) is 4.79 Å². The second-order valence-corrected chi connectivity index (χ2v) is 6.25. The van der Waals surface area contributed by atoms with Crippen LogP contribution in [0.1, 0.15) is 22.8 Å². The Kier molecular flexibility index (Phi) is 5.16. The van der Waals surface area contributed by atoms with E-state index in [0.717, 1.165) is 20.8 Å². The van der Waals surface area contributed by atoms with E-state index < -0.39 is 0 Å². The lowest BCUT2D eigenvalue weighted by Gasteiger charge is -2.12. The molecule has 122 valence electrons. The zero-order valence-corrected chi connectivity index (χ0v) is 14.9. The minimum absolute atomic E-state index is 0.341. The number of rotatable bonds is 5. The number of ether oxygens (including phenoxy) is 2. The van der Waals surface area contributed by atoms with E-state index in [1.54, 1.807) is 13.0 Å². The molecule has 0 saturated carbocycles. The summed E-state index contributed by atoms with van der Waals surface area (Å²) in [5.74, 6) is 0.326. The predicted octanol–water partition coefficient (Wildman–Crippen LogP) is 5.36. The molecule has 0 bridgehead atoms. The Morgan fingerprint density at radius 1 is 1.04 bits per heavy atom. The van der Waals surface area contributed by atoms with Crippen LogP contribution in [0, 0.1) is 0 Å². The molecule has 0 saturated heterocycles. The summed E-state index contributed by atoms with van der Waals surface area (Å²) in [6.45, 7) is 2.58. The van der Waals surface area contributed by atoms with Crippen molar-refractivity contribution in [3.05, 3.63) is 76.3 Å². The molecule has 0 fully saturated rings. The van der Waals surface area contributed by atoms with E-state index in [0.29, 0.717) is 24.5 Å². The predicted molar refractivity (Wildman–Crippen MR) is 98.4 cm³/mol. The second-order valence-electron chi connectivity index (χ2n) is 5.33. The van der Waals surface area contributed by atoms with Crippen LogP contribution in [-0.4, -0.2) is 12.6 Å². The third kappa shape index (κ3) is 3.77. The minimum Gasteiger partial charge on any atom is -0.488 e. The number of esters is 1. The Hall–Kier alpha value is -2.33. The molecule has 0 N–H and O–H groups in total. The second kappa shape index (κ2) is 7.49. The fourth-order valence-corrected chi connectivity index (χ4v) is 2.84. The molecule has 0 spiro atoms. The summed E-state index contributed by atoms with van der Waals surface area (Å²) in [6.07, 6.45) is 0. The molecule has 0 amide bonds. The quantitative estimate of drug-likeness (QED) is 0.555. The van der Waals surface area contributed by atoms with Gasteiger partial charge in [-0.2, -0.15) is 0 Å². The summed E-state index contributed by atoms with van der Waals surface area (Å²) in [6, 6.07) is 19.4. The molecule has 0 aliphatic heterocycles. The summed E-state index contributed by atoms with van der Waals surface area (Å²) in [7, 11) is 0. The molecule has 24 heavy (non-hydrogen) atoms. The van der Waals surface area contributed by atoms with Crippen LogP contribution in [0.15, 0.2) is 65.1 Å². The van der Waals surface area contributed by atoms with Crippen molar-refractivity contribution in [2.75, 3.05) is 6.61 Å². The van der Waals surface area contributed by atoms with Crippen LogP contribution in [0.5, 0.6) is 5.75 Å². The van der Waals surface area contributed by atoms with Gasteiger partial charge in [0.15, 0.2) is 0 Å². The van der Waals surface area contributed by atoms with Gasteiger partial charge in [-0.25, -0.2) is 4.79 Å². The van der Waals surface area contributed by atoms with E-state index in [-0.39, 0.29) is 5.97 Å². The first kappa shape index (κ1) is 16.5. The molecule has 0 unspecified atom stereocenters. The average molecular weight is 385 g/mol. The maximum atomic E-state index is 12.1. The molecule has 3 aromatic rings. The molecular weight excluding hydrogens is 368 g/mol. The lowest BCUT2D eigenvalue weighted by atomic mass is 10.1. The van der Waals surface area contributed by atoms with Crippen LogP contribution < -0.4 is 4.74 Å². The number of carbonyl (C=O) groups excluding carboxylic acids is 1. The molecule has 0 heterocycles. The molecule has 0 atom stereocenters. The van der Waals surface area contributed by atoms with E-state index in [2.05, 4.69) is 15.9 Å². The lowest BCUT2D eigenvalue weighted by molar-refractivity contribution is 0.0526. The molecular formula is C20H17BrO3. The van der Waals surface area contributed by atoms with Gasteiger partial charge in [-0.15, -0.1) is 0 Å². The Balaban J connectivity index is 1.99. The number of fused-ring (bicyclic) bond motifs is 1. The molecule has 0 aromatic heterocycles. The van der Waals surface area contributed by atoms with Crippen molar-refractivity contribution in [2.24, 2.45) is 0 Å². The first-order chi connectivity index (χ1) is 11.7. The van der Waals surface area contributed by atoms with E-state index in [1.165, 1.54) is 0 Å². The van der Waals surface area contributed by atoms with Gasteiger partial charge < -0.3 is 9.47 Å². The molecule has 4 heteroatoms. The minimum atomic E-state index is -0.341. The molecule has 3 aromatic carbocycles. The molecule has 3 rings (SSSR count). The van der Waals surface area contributed by atoms with Gasteiger partial charge in [0, 0.05) is 9.86 Å². The van der Waals surface area contributed by atoms with Crippen LogP contribution >= 0.6 is 15.9 Å². The lowest BCUT2D eigenvalue weighted by Crippen LogP contribution is -2.05. The van der Waals surface area contributed by atoms with Crippen molar-refractivity contribution >= 4 is 32.7 Å². The number of halogens is 1. The summed E-state index contributed by atoms with van der Waals surface area (Å²) in [4.78, 5) is 12.1. The van der Waals surface area contributed by atoms with E-state index >= 15 is 0 Å². The van der Waals surface area contributed by atoms with Crippen molar-refractivity contribution < 1.29 is 14.3 Å². The Labute approximate surface area is 149 Å². The first-order valence-electron chi connectivity index (χ1n) is 7.74. The number of benzene rings is 3. The molecule has 3 nitrogen and oxygen atoms in total. The summed E-state index contributed by atoms with van der Waals surface area (Å²) < 4.78 is 12.1. The highest BCUT2D eigenvalue weighted by Crippen LogP contribution is 2.31. The van der Waals surface area contributed by atoms with Gasteiger partial charge in [0.25, 0.3) is 0 Å². The monoisotopic (exact) mass is 384 g/mol. The summed E-state index contributed by atoms with van der Waals surface area (Å²) in [5, 5.41) is 1.89. The van der Waals surface area contributed by atoms with Gasteiger partial charge in [-0.05, 0) is 42.1 Å². The highest BCUT2D eigenvalue weighted by molar-refractivity contribution is 9.10. The van der Waals surface area contributed by atoms with E-state index in [1.807, 2.05) is 54.6 Å². The largest absolute Gasteiger partial charge is 0.488 e. The third-order valence-electron chi connectivity index (χ3n) is 3.63. The van der Waals surface area contributed by atoms with Crippen molar-refractivity contribution in [3.63, 3.8) is 0 Å². The van der Waals surface area contributed by atoms with Crippen molar-refractivity contribution in [2.45, 2.75) is 13.5 Å². The van der Waals surface area contributed by atoms with Gasteiger partial charge in [0.2, 0.25) is 0 Å². The van der Waals surface area contributed by atoms with Gasteiger partial charge in [0.1, 0.15) is 12.4 Å². The van der Waals surface area contributed by atoms with Crippen LogP contribution in [0.2, 0.25) is 0 Å². The fraction of sp³-hybridized carbons (Fsp3) is 0.150. The van der Waals surface area contributed by atoms with Gasteiger partial charge in [0.05, 0.1) is 12.2 Å². The zero-order valence-electron chi connectivity index (χ0n) is 13.3. The highest BCUT2D eigenvalue weighted by atomic mass is 79.9. The maximum Gasteiger partial charge on any atom is 0.338 e. The standard InChI is InChI=1S/C20H17BrO3/c1-2-23-20(22)16-10-15-8-9-17(21)12-18(15)19(11-16)24-13-14-6-4-3-5-7-14/h3-12H,2,13H2,1H3. The SMILES string of the molecule is CCOC(=O)c1cc(OCc2ccccc2)c2cc(Br)ccc2c1. The van der Waals surface area contributed by atoms with Gasteiger partial charge in [-0.3, -0.25) is 0 Å². The number of carbonyl (C=O) groups is 1. The number of hydrogen-bond donors (Lipinski definition) is 0. The van der Waals surface area contributed by atoms with E-state index in [4.69, 9.17) is 9.47 Å². The van der Waals surface area contributed by atoms with Crippen LogP contribution in [0.3, 0.4) is 0 Å². The van der Waals surface area contributed by atoms with Crippen LogP contribution in [-0.2, 0) is 11.3 Å². The first-order valence-corrected chi connectivity index (χ1v) is 8.54. The summed E-state index contributed by atoms with van der Waals surface area (Å²) >= 11 is 3.49. The highest BCUT2D eigenvalue weighted by Gasteiger charge is 2.12. The van der Waals surface area contributed by atoms with Crippen molar-refractivity contribution in [1.82, 2.24) is 0 Å². The normalized spacial score (nSPS) is 10.6. The average Bonchev–Trinajstić information content (AvgIpc) is 2.60. The zero-order chi connectivity index (χ0) is 16.9. The Morgan fingerprint density at radius 3 is 2.58 bits per heavy atom. The maximum absolute atomic E-state index is 12.1. The van der Waals surface area contributed by atoms with Crippen molar-refractivity contribution in [1.29, 1.82) is 0 Å². The topological polar surface area (TPSA) is 35.5 Å². The van der Waals surface area contributed by atoms with Gasteiger partial charge >= 0.3 is 5.97 Å².